The zero-order valence-corrected chi connectivity index (χ0v) is 17.8. The fourth-order valence-corrected chi connectivity index (χ4v) is 3.88. The largest absolute Gasteiger partial charge is 0.455 e. The SMILES string of the molecule is Cc1cc(C(=O)c2cncnc2N[C@@H]2C[C@H](CO)[C@@H](O)[C@@H]2F)nn1Cc1ccc(C(F)(F)F)o1. The highest BCUT2D eigenvalue weighted by atomic mass is 19.4. The van der Waals surface area contributed by atoms with E-state index in [0.29, 0.717) is 5.69 Å². The molecule has 9 nitrogen and oxygen atoms in total. The average Bonchev–Trinajstić information content (AvgIpc) is 3.48. The molecule has 0 radical (unpaired) electrons. The Morgan fingerprint density at radius 3 is 2.76 bits per heavy atom. The van der Waals surface area contributed by atoms with Crippen molar-refractivity contribution in [3.63, 3.8) is 0 Å². The van der Waals surface area contributed by atoms with Gasteiger partial charge in [0.25, 0.3) is 0 Å². The monoisotopic (exact) mass is 483 g/mol. The first-order chi connectivity index (χ1) is 16.1. The lowest BCUT2D eigenvalue weighted by Gasteiger charge is -2.18. The van der Waals surface area contributed by atoms with Gasteiger partial charge in [-0.05, 0) is 31.5 Å². The summed E-state index contributed by atoms with van der Waals surface area (Å²) in [6.07, 6.45) is -5.10. The second-order valence-electron chi connectivity index (χ2n) is 8.07. The minimum atomic E-state index is -4.61. The number of rotatable bonds is 7. The van der Waals surface area contributed by atoms with Crippen LogP contribution in [0.2, 0.25) is 0 Å². The number of carbonyl (C=O) groups excluding carboxylic acids is 1. The lowest BCUT2D eigenvalue weighted by molar-refractivity contribution is -0.153. The van der Waals surface area contributed by atoms with Gasteiger partial charge in [-0.15, -0.1) is 0 Å². The molecule has 0 spiro atoms. The lowest BCUT2D eigenvalue weighted by atomic mass is 10.1. The smallest absolute Gasteiger partial charge is 0.449 e. The molecule has 0 aliphatic heterocycles. The van der Waals surface area contributed by atoms with Gasteiger partial charge in [0.2, 0.25) is 11.5 Å². The molecule has 182 valence electrons. The highest BCUT2D eigenvalue weighted by Crippen LogP contribution is 2.32. The molecule has 0 unspecified atom stereocenters. The third kappa shape index (κ3) is 4.66. The van der Waals surface area contributed by atoms with Crippen molar-refractivity contribution in [3.05, 3.63) is 59.2 Å². The van der Waals surface area contributed by atoms with Gasteiger partial charge in [0.05, 0.1) is 24.3 Å². The zero-order valence-electron chi connectivity index (χ0n) is 17.8. The topological polar surface area (TPSA) is 126 Å². The van der Waals surface area contributed by atoms with Crippen LogP contribution in [0, 0.1) is 12.8 Å². The van der Waals surface area contributed by atoms with E-state index in [9.17, 15) is 32.6 Å². The van der Waals surface area contributed by atoms with Gasteiger partial charge >= 0.3 is 6.18 Å². The number of alkyl halides is 4. The minimum Gasteiger partial charge on any atom is -0.455 e. The van der Waals surface area contributed by atoms with Gasteiger partial charge in [0.15, 0.2) is 0 Å². The summed E-state index contributed by atoms with van der Waals surface area (Å²) in [5.41, 5.74) is 0.473. The van der Waals surface area contributed by atoms with Crippen LogP contribution in [0.3, 0.4) is 0 Å². The Morgan fingerprint density at radius 2 is 2.12 bits per heavy atom. The molecule has 34 heavy (non-hydrogen) atoms. The van der Waals surface area contributed by atoms with Crippen LogP contribution in [0.25, 0.3) is 0 Å². The molecule has 3 aromatic heterocycles. The number of nitrogens with one attached hydrogen (secondary N) is 1. The number of hydrogen-bond acceptors (Lipinski definition) is 8. The predicted octanol–water partition coefficient (Wildman–Crippen LogP) is 2.36. The average molecular weight is 483 g/mol. The first-order valence-corrected chi connectivity index (χ1v) is 10.3. The molecule has 4 rings (SSSR count). The first kappa shape index (κ1) is 23.8. The Kier molecular flexibility index (Phi) is 6.41. The van der Waals surface area contributed by atoms with Crippen molar-refractivity contribution in [1.29, 1.82) is 0 Å². The van der Waals surface area contributed by atoms with Crippen LogP contribution >= 0.6 is 0 Å². The number of aromatic nitrogens is 4. The quantitative estimate of drug-likeness (QED) is 0.346. The third-order valence-corrected chi connectivity index (χ3v) is 5.72. The summed E-state index contributed by atoms with van der Waals surface area (Å²) in [6.45, 7) is 1.12. The maximum absolute atomic E-state index is 14.5. The maximum atomic E-state index is 14.5. The Morgan fingerprint density at radius 1 is 1.35 bits per heavy atom. The maximum Gasteiger partial charge on any atom is 0.449 e. The normalized spacial score (nSPS) is 22.8. The summed E-state index contributed by atoms with van der Waals surface area (Å²) in [5.74, 6) is -2.33. The van der Waals surface area contributed by atoms with Crippen LogP contribution in [0.4, 0.5) is 23.4 Å². The van der Waals surface area contributed by atoms with Crippen LogP contribution in [0.15, 0.2) is 35.1 Å². The molecular formula is C21H21F4N5O4. The van der Waals surface area contributed by atoms with Crippen LogP contribution < -0.4 is 5.32 Å². The number of aryl methyl sites for hydroxylation is 1. The van der Waals surface area contributed by atoms with Crippen molar-refractivity contribution >= 4 is 11.6 Å². The van der Waals surface area contributed by atoms with E-state index in [4.69, 9.17) is 4.42 Å². The van der Waals surface area contributed by atoms with Crippen LogP contribution in [0.5, 0.6) is 0 Å². The van der Waals surface area contributed by atoms with Gasteiger partial charge in [0.1, 0.15) is 29.8 Å². The molecular weight excluding hydrogens is 462 g/mol. The summed E-state index contributed by atoms with van der Waals surface area (Å²) in [4.78, 5) is 21.0. The van der Waals surface area contributed by atoms with Gasteiger partial charge < -0.3 is 19.9 Å². The van der Waals surface area contributed by atoms with Crippen molar-refractivity contribution in [3.8, 4) is 0 Å². The van der Waals surface area contributed by atoms with E-state index in [1.165, 1.54) is 29.3 Å². The molecule has 0 saturated heterocycles. The molecule has 3 N–H and O–H groups in total. The number of nitrogens with zero attached hydrogens (tertiary/aromatic N) is 4. The predicted molar refractivity (Wildman–Crippen MR) is 109 cm³/mol. The van der Waals surface area contributed by atoms with E-state index in [1.807, 2.05) is 0 Å². The summed E-state index contributed by atoms with van der Waals surface area (Å²) >= 11 is 0. The summed E-state index contributed by atoms with van der Waals surface area (Å²) in [6, 6.07) is 2.57. The van der Waals surface area contributed by atoms with Crippen LogP contribution in [-0.2, 0) is 12.7 Å². The Labute approximate surface area is 190 Å². The molecule has 0 amide bonds. The standard InChI is InChI=1S/C21H21F4N5O4/c1-10-4-15(29-30(10)7-12-2-3-16(34-12)21(23,24)25)19(33)13-6-26-9-27-20(13)28-14-5-11(8-31)18(32)17(14)22/h2-4,6,9,11,14,17-18,31-32H,5,7-8H2,1H3,(H,26,27,28)/t11-,14-,17-,18-/m1/s1. The van der Waals surface area contributed by atoms with E-state index in [2.05, 4.69) is 20.4 Å². The van der Waals surface area contributed by atoms with Gasteiger partial charge in [-0.3, -0.25) is 9.48 Å². The molecule has 3 heterocycles. The van der Waals surface area contributed by atoms with Gasteiger partial charge in [0, 0.05) is 24.4 Å². The molecule has 1 saturated carbocycles. The summed E-state index contributed by atoms with van der Waals surface area (Å²) in [5, 5.41) is 26.2. The highest BCUT2D eigenvalue weighted by Gasteiger charge is 2.43. The molecule has 0 aromatic carbocycles. The number of halogens is 4. The Balaban J connectivity index is 1.54. The van der Waals surface area contributed by atoms with E-state index in [1.54, 1.807) is 6.92 Å². The number of furan rings is 1. The van der Waals surface area contributed by atoms with Crippen molar-refractivity contribution < 1.29 is 37.0 Å². The second kappa shape index (κ2) is 9.14. The number of aliphatic hydroxyl groups is 2. The van der Waals surface area contributed by atoms with Gasteiger partial charge in [-0.2, -0.15) is 18.3 Å². The molecule has 3 aromatic rings. The molecule has 1 aliphatic carbocycles. The highest BCUT2D eigenvalue weighted by molar-refractivity contribution is 6.10. The van der Waals surface area contributed by atoms with Gasteiger partial charge in [-0.25, -0.2) is 14.4 Å². The van der Waals surface area contributed by atoms with Crippen molar-refractivity contribution in [2.24, 2.45) is 5.92 Å². The number of ketones is 1. The molecule has 0 bridgehead atoms. The third-order valence-electron chi connectivity index (χ3n) is 5.72. The van der Waals surface area contributed by atoms with E-state index >= 15 is 0 Å². The summed E-state index contributed by atoms with van der Waals surface area (Å²) < 4.78 is 58.9. The summed E-state index contributed by atoms with van der Waals surface area (Å²) in [7, 11) is 0. The number of carbonyl (C=O) groups is 1. The number of aliphatic hydroxyl groups excluding tert-OH is 2. The van der Waals surface area contributed by atoms with Crippen LogP contribution in [0.1, 0.15) is 39.7 Å². The van der Waals surface area contributed by atoms with Crippen molar-refractivity contribution in [2.45, 2.75) is 44.4 Å². The van der Waals surface area contributed by atoms with E-state index < -0.39 is 42.0 Å². The van der Waals surface area contributed by atoms with Crippen molar-refractivity contribution in [2.75, 3.05) is 11.9 Å². The second-order valence-corrected chi connectivity index (χ2v) is 8.07. The molecule has 4 atom stereocenters. The zero-order chi connectivity index (χ0) is 24.6. The Hall–Kier alpha value is -3.32. The lowest BCUT2D eigenvalue weighted by Crippen LogP contribution is -2.32. The molecule has 13 heteroatoms. The molecule has 1 fully saturated rings. The molecule has 1 aliphatic rings. The van der Waals surface area contributed by atoms with Crippen molar-refractivity contribution in [1.82, 2.24) is 19.7 Å². The first-order valence-electron chi connectivity index (χ1n) is 10.3. The number of hydrogen-bond donors (Lipinski definition) is 3. The van der Waals surface area contributed by atoms with Crippen LogP contribution in [-0.4, -0.2) is 60.7 Å². The minimum absolute atomic E-state index is 0.00126. The Bertz CT molecular complexity index is 1180. The van der Waals surface area contributed by atoms with E-state index in [0.717, 1.165) is 6.07 Å². The number of anilines is 1. The van der Waals surface area contributed by atoms with Gasteiger partial charge in [-0.1, -0.05) is 0 Å². The fourth-order valence-electron chi connectivity index (χ4n) is 3.88. The fraction of sp³-hybridized carbons (Fsp3) is 0.429. The van der Waals surface area contributed by atoms with E-state index in [-0.39, 0.29) is 42.4 Å².